The Morgan fingerprint density at radius 1 is 0.957 bits per heavy atom. The molecule has 0 atom stereocenters. The summed E-state index contributed by atoms with van der Waals surface area (Å²) in [5.41, 5.74) is 0. The molecule has 10 heteroatoms. The van der Waals surface area contributed by atoms with Crippen molar-refractivity contribution in [3.8, 4) is 0 Å². The summed E-state index contributed by atoms with van der Waals surface area (Å²) in [6.07, 6.45) is -6.04. The lowest BCUT2D eigenvalue weighted by Gasteiger charge is -2.28. The third kappa shape index (κ3) is 9.03. The zero-order chi connectivity index (χ0) is 17.9. The predicted molar refractivity (Wildman–Crippen MR) is 76.7 cm³/mol. The second-order valence-electron chi connectivity index (χ2n) is 4.40. The number of hydrogen-bond donors (Lipinski definition) is 0. The predicted octanol–water partition coefficient (Wildman–Crippen LogP) is 2.49. The molecular weight excluding hydrogens is 337 g/mol. The van der Waals surface area contributed by atoms with Gasteiger partial charge in [-0.05, 0) is 27.2 Å². The van der Waals surface area contributed by atoms with E-state index >= 15 is 0 Å². The minimum atomic E-state index is -5.03. The van der Waals surface area contributed by atoms with Crippen molar-refractivity contribution in [1.82, 2.24) is 0 Å². The SMILES string of the molecule is CCO[Si](CCCOC(=O)CC(=O)C(F)(F)F)(OCC)OCC. The minimum absolute atomic E-state index is 0.133. The average molecular weight is 360 g/mol. The molecule has 0 unspecified atom stereocenters. The summed E-state index contributed by atoms with van der Waals surface area (Å²) < 4.78 is 57.4. The second-order valence-corrected chi connectivity index (χ2v) is 7.14. The van der Waals surface area contributed by atoms with Crippen LogP contribution in [0.25, 0.3) is 0 Å². The van der Waals surface area contributed by atoms with Crippen LogP contribution < -0.4 is 0 Å². The lowest BCUT2D eigenvalue weighted by molar-refractivity contribution is -0.174. The summed E-state index contributed by atoms with van der Waals surface area (Å²) >= 11 is 0. The zero-order valence-corrected chi connectivity index (χ0v) is 14.5. The first kappa shape index (κ1) is 22.0. The van der Waals surface area contributed by atoms with Crippen molar-refractivity contribution in [3.63, 3.8) is 0 Å². The van der Waals surface area contributed by atoms with Gasteiger partial charge in [-0.3, -0.25) is 9.59 Å². The van der Waals surface area contributed by atoms with Crippen LogP contribution in [0.15, 0.2) is 0 Å². The fraction of sp³-hybridized carbons (Fsp3) is 0.846. The molecule has 0 spiro atoms. The normalized spacial score (nSPS) is 12.3. The first-order chi connectivity index (χ1) is 10.7. The molecule has 0 aromatic heterocycles. The molecule has 0 saturated heterocycles. The van der Waals surface area contributed by atoms with E-state index in [1.165, 1.54) is 0 Å². The number of ketones is 1. The van der Waals surface area contributed by atoms with E-state index in [0.29, 0.717) is 32.3 Å². The van der Waals surface area contributed by atoms with E-state index in [2.05, 4.69) is 4.74 Å². The van der Waals surface area contributed by atoms with E-state index < -0.39 is 33.2 Å². The van der Waals surface area contributed by atoms with Gasteiger partial charge >= 0.3 is 21.0 Å². The molecule has 0 heterocycles. The highest BCUT2D eigenvalue weighted by molar-refractivity contribution is 6.60. The Balaban J connectivity index is 4.28. The second kappa shape index (κ2) is 10.7. The maximum absolute atomic E-state index is 12.0. The fourth-order valence-corrected chi connectivity index (χ4v) is 4.34. The monoisotopic (exact) mass is 360 g/mol. The van der Waals surface area contributed by atoms with Gasteiger partial charge in [0.15, 0.2) is 0 Å². The molecular formula is C13H23F3O6Si. The van der Waals surface area contributed by atoms with E-state index in [1.54, 1.807) is 20.8 Å². The Morgan fingerprint density at radius 3 is 1.83 bits per heavy atom. The van der Waals surface area contributed by atoms with Crippen LogP contribution in [0.1, 0.15) is 33.6 Å². The average Bonchev–Trinajstić information content (AvgIpc) is 2.43. The molecule has 136 valence electrons. The molecule has 0 bridgehead atoms. The van der Waals surface area contributed by atoms with Gasteiger partial charge in [0.2, 0.25) is 5.78 Å². The molecule has 0 rings (SSSR count). The third-order valence-corrected chi connectivity index (χ3v) is 5.76. The van der Waals surface area contributed by atoms with Gasteiger partial charge in [0, 0.05) is 25.9 Å². The Hall–Kier alpha value is -0.973. The zero-order valence-electron chi connectivity index (χ0n) is 13.5. The van der Waals surface area contributed by atoms with Gasteiger partial charge < -0.3 is 18.0 Å². The first-order valence-corrected chi connectivity index (χ1v) is 9.31. The van der Waals surface area contributed by atoms with E-state index in [-0.39, 0.29) is 6.61 Å². The number of ether oxygens (including phenoxy) is 1. The number of Topliss-reactive ketones (excluding diaryl/α,β-unsaturated/α-hetero) is 1. The largest absolute Gasteiger partial charge is 0.501 e. The van der Waals surface area contributed by atoms with Crippen LogP contribution in [-0.2, 0) is 27.6 Å². The maximum Gasteiger partial charge on any atom is 0.501 e. The van der Waals surface area contributed by atoms with Crippen LogP contribution in [0.2, 0.25) is 6.04 Å². The van der Waals surface area contributed by atoms with Gasteiger partial charge in [0.05, 0.1) is 6.61 Å². The summed E-state index contributed by atoms with van der Waals surface area (Å²) in [7, 11) is -2.87. The molecule has 0 aliphatic heterocycles. The van der Waals surface area contributed by atoms with Crippen molar-refractivity contribution in [2.24, 2.45) is 0 Å². The number of halogens is 3. The van der Waals surface area contributed by atoms with E-state index in [1.807, 2.05) is 0 Å². The van der Waals surface area contributed by atoms with Crippen molar-refractivity contribution < 1.29 is 40.8 Å². The van der Waals surface area contributed by atoms with Crippen LogP contribution in [-0.4, -0.2) is 53.2 Å². The van der Waals surface area contributed by atoms with Crippen LogP contribution in [0.4, 0.5) is 13.2 Å². The van der Waals surface area contributed by atoms with Crippen molar-refractivity contribution in [2.75, 3.05) is 26.4 Å². The van der Waals surface area contributed by atoms with Gasteiger partial charge in [-0.15, -0.1) is 0 Å². The lowest BCUT2D eigenvalue weighted by Crippen LogP contribution is -2.46. The van der Waals surface area contributed by atoms with Crippen molar-refractivity contribution >= 4 is 20.6 Å². The molecule has 0 fully saturated rings. The summed E-state index contributed by atoms with van der Waals surface area (Å²) in [6, 6.07) is 0.364. The van der Waals surface area contributed by atoms with E-state index in [4.69, 9.17) is 13.3 Å². The number of carbonyl (C=O) groups is 2. The summed E-state index contributed by atoms with van der Waals surface area (Å²) in [4.78, 5) is 21.8. The molecule has 0 N–H and O–H groups in total. The van der Waals surface area contributed by atoms with Gasteiger partial charge in [-0.25, -0.2) is 0 Å². The number of esters is 1. The number of alkyl halides is 3. The maximum atomic E-state index is 12.0. The number of rotatable bonds is 12. The van der Waals surface area contributed by atoms with Crippen LogP contribution in [0.3, 0.4) is 0 Å². The topological polar surface area (TPSA) is 71.1 Å². The smallest absolute Gasteiger partial charge is 0.465 e. The molecule has 0 aliphatic rings. The highest BCUT2D eigenvalue weighted by atomic mass is 28.4. The molecule has 0 aromatic carbocycles. The molecule has 23 heavy (non-hydrogen) atoms. The van der Waals surface area contributed by atoms with Crippen LogP contribution in [0, 0.1) is 0 Å². The van der Waals surface area contributed by atoms with Crippen LogP contribution >= 0.6 is 0 Å². The van der Waals surface area contributed by atoms with E-state index in [0.717, 1.165) is 0 Å². The van der Waals surface area contributed by atoms with E-state index in [9.17, 15) is 22.8 Å². The molecule has 0 aromatic rings. The highest BCUT2D eigenvalue weighted by Crippen LogP contribution is 2.19. The highest BCUT2D eigenvalue weighted by Gasteiger charge is 2.41. The third-order valence-electron chi connectivity index (χ3n) is 2.60. The molecule has 0 radical (unpaired) electrons. The van der Waals surface area contributed by atoms with Gasteiger partial charge in [0.1, 0.15) is 6.42 Å². The summed E-state index contributed by atoms with van der Waals surface area (Å²) in [5.74, 6) is -3.33. The quantitative estimate of drug-likeness (QED) is 0.230. The van der Waals surface area contributed by atoms with Crippen LogP contribution in [0.5, 0.6) is 0 Å². The minimum Gasteiger partial charge on any atom is -0.465 e. The molecule has 0 amide bonds. The Labute approximate surface area is 134 Å². The number of hydrogen-bond acceptors (Lipinski definition) is 6. The van der Waals surface area contributed by atoms with Crippen molar-refractivity contribution in [2.45, 2.75) is 45.8 Å². The Morgan fingerprint density at radius 2 is 1.43 bits per heavy atom. The molecule has 0 aliphatic carbocycles. The van der Waals surface area contributed by atoms with Gasteiger partial charge in [-0.1, -0.05) is 0 Å². The summed E-state index contributed by atoms with van der Waals surface area (Å²) in [5, 5.41) is 0. The Kier molecular flexibility index (Phi) is 10.3. The molecule has 0 saturated carbocycles. The molecule has 6 nitrogen and oxygen atoms in total. The lowest BCUT2D eigenvalue weighted by atomic mass is 10.3. The van der Waals surface area contributed by atoms with Crippen molar-refractivity contribution in [1.29, 1.82) is 0 Å². The standard InChI is InChI=1S/C13H23F3O6Si/c1-4-20-23(21-5-2,22-6-3)9-7-8-19-12(18)10-11(17)13(14,15)16/h4-10H2,1-3H3. The van der Waals surface area contributed by atoms with Gasteiger partial charge in [-0.2, -0.15) is 13.2 Å². The number of carbonyl (C=O) groups excluding carboxylic acids is 2. The first-order valence-electron chi connectivity index (χ1n) is 7.38. The fourth-order valence-electron chi connectivity index (χ4n) is 1.76. The van der Waals surface area contributed by atoms with Gasteiger partial charge in [0.25, 0.3) is 0 Å². The Bertz CT molecular complexity index is 358. The van der Waals surface area contributed by atoms with Crippen molar-refractivity contribution in [3.05, 3.63) is 0 Å². The summed E-state index contributed by atoms with van der Waals surface area (Å²) in [6.45, 7) is 6.43.